The van der Waals surface area contributed by atoms with Crippen molar-refractivity contribution in [3.63, 3.8) is 0 Å². The highest BCUT2D eigenvalue weighted by Crippen LogP contribution is 2.30. The molecule has 0 bridgehead atoms. The van der Waals surface area contributed by atoms with Crippen LogP contribution in [0.4, 0.5) is 8.78 Å². The summed E-state index contributed by atoms with van der Waals surface area (Å²) in [4.78, 5) is 1.87. The zero-order valence-corrected chi connectivity index (χ0v) is 11.0. The van der Waals surface area contributed by atoms with E-state index in [0.29, 0.717) is 19.6 Å². The number of rotatable bonds is 5. The van der Waals surface area contributed by atoms with Crippen molar-refractivity contribution in [3.05, 3.63) is 23.8 Å². The van der Waals surface area contributed by atoms with E-state index in [0.717, 1.165) is 5.56 Å². The van der Waals surface area contributed by atoms with E-state index in [-0.39, 0.29) is 11.5 Å². The number of likely N-dealkylation sites (tertiary alicyclic amines) is 1. The molecule has 1 aromatic rings. The quantitative estimate of drug-likeness (QED) is 0.841. The van der Waals surface area contributed by atoms with E-state index in [4.69, 9.17) is 4.74 Å². The highest BCUT2D eigenvalue weighted by molar-refractivity contribution is 5.43. The van der Waals surface area contributed by atoms with Gasteiger partial charge in [0.05, 0.1) is 19.3 Å². The number of nitrogens with zero attached hydrogens (tertiary/aromatic N) is 1. The van der Waals surface area contributed by atoms with Gasteiger partial charge in [0.2, 0.25) is 0 Å². The van der Waals surface area contributed by atoms with Crippen LogP contribution in [0.15, 0.2) is 18.2 Å². The van der Waals surface area contributed by atoms with E-state index in [1.807, 2.05) is 4.90 Å². The van der Waals surface area contributed by atoms with Crippen LogP contribution in [0.3, 0.4) is 0 Å². The standard InChI is InChI=1S/C13H17F2NO4/c1-19-12-4-8(2-3-11(12)20-13(14)15)5-16-6-9(17)10(18)7-16/h2-4,9-10,13,17-18H,5-7H2,1H3. The van der Waals surface area contributed by atoms with Crippen LogP contribution in [-0.4, -0.2) is 54.1 Å². The number of ether oxygens (including phenoxy) is 2. The van der Waals surface area contributed by atoms with Crippen molar-refractivity contribution >= 4 is 0 Å². The second-order valence-electron chi connectivity index (χ2n) is 4.69. The van der Waals surface area contributed by atoms with Gasteiger partial charge in [-0.1, -0.05) is 6.07 Å². The molecular weight excluding hydrogens is 272 g/mol. The molecule has 0 amide bonds. The lowest BCUT2D eigenvalue weighted by Crippen LogP contribution is -2.22. The number of alkyl halides is 2. The summed E-state index contributed by atoms with van der Waals surface area (Å²) in [5.41, 5.74) is 0.824. The molecule has 0 aliphatic carbocycles. The molecule has 20 heavy (non-hydrogen) atoms. The first-order chi connectivity index (χ1) is 9.49. The Balaban J connectivity index is 2.06. The fourth-order valence-corrected chi connectivity index (χ4v) is 2.24. The number of halogens is 2. The zero-order valence-electron chi connectivity index (χ0n) is 11.0. The second-order valence-corrected chi connectivity index (χ2v) is 4.69. The van der Waals surface area contributed by atoms with Crippen molar-refractivity contribution < 1.29 is 28.5 Å². The average Bonchev–Trinajstić information content (AvgIpc) is 2.69. The Hall–Kier alpha value is -1.44. The molecule has 1 heterocycles. The molecule has 0 spiro atoms. The fraction of sp³-hybridized carbons (Fsp3) is 0.538. The van der Waals surface area contributed by atoms with Gasteiger partial charge in [0.1, 0.15) is 0 Å². The topological polar surface area (TPSA) is 62.2 Å². The number of methoxy groups -OCH3 is 1. The molecule has 1 fully saturated rings. The Bertz CT molecular complexity index is 448. The van der Waals surface area contributed by atoms with Crippen LogP contribution >= 0.6 is 0 Å². The van der Waals surface area contributed by atoms with Gasteiger partial charge >= 0.3 is 6.61 Å². The van der Waals surface area contributed by atoms with E-state index in [1.165, 1.54) is 13.2 Å². The maximum Gasteiger partial charge on any atom is 0.387 e. The van der Waals surface area contributed by atoms with Crippen LogP contribution in [-0.2, 0) is 6.54 Å². The lowest BCUT2D eigenvalue weighted by atomic mass is 10.2. The zero-order chi connectivity index (χ0) is 14.7. The lowest BCUT2D eigenvalue weighted by Gasteiger charge is -2.16. The Labute approximate surface area is 115 Å². The summed E-state index contributed by atoms with van der Waals surface area (Å²) in [6, 6.07) is 4.68. The minimum atomic E-state index is -2.90. The van der Waals surface area contributed by atoms with E-state index in [9.17, 15) is 19.0 Å². The van der Waals surface area contributed by atoms with Crippen LogP contribution in [0.25, 0.3) is 0 Å². The summed E-state index contributed by atoms with van der Waals surface area (Å²) >= 11 is 0. The van der Waals surface area contributed by atoms with Crippen LogP contribution < -0.4 is 9.47 Å². The summed E-state index contributed by atoms with van der Waals surface area (Å²) in [6.45, 7) is -1.67. The van der Waals surface area contributed by atoms with Crippen LogP contribution in [0.1, 0.15) is 5.56 Å². The van der Waals surface area contributed by atoms with Gasteiger partial charge in [0, 0.05) is 19.6 Å². The van der Waals surface area contributed by atoms with E-state index >= 15 is 0 Å². The minimum Gasteiger partial charge on any atom is -0.493 e. The summed E-state index contributed by atoms with van der Waals surface area (Å²) in [7, 11) is 1.38. The van der Waals surface area contributed by atoms with E-state index in [1.54, 1.807) is 12.1 Å². The first-order valence-corrected chi connectivity index (χ1v) is 6.20. The molecular formula is C13H17F2NO4. The Kier molecular flexibility index (Phi) is 4.74. The largest absolute Gasteiger partial charge is 0.493 e. The second kappa shape index (κ2) is 6.34. The average molecular weight is 289 g/mol. The third-order valence-electron chi connectivity index (χ3n) is 3.18. The van der Waals surface area contributed by atoms with Gasteiger partial charge in [-0.3, -0.25) is 4.90 Å². The van der Waals surface area contributed by atoms with E-state index in [2.05, 4.69) is 4.74 Å². The predicted molar refractivity (Wildman–Crippen MR) is 66.9 cm³/mol. The molecule has 7 heteroatoms. The van der Waals surface area contributed by atoms with Crippen LogP contribution in [0, 0.1) is 0 Å². The molecule has 5 nitrogen and oxygen atoms in total. The van der Waals surface area contributed by atoms with Crippen molar-refractivity contribution in [2.24, 2.45) is 0 Å². The Morgan fingerprint density at radius 1 is 1.25 bits per heavy atom. The molecule has 0 saturated carbocycles. The molecule has 112 valence electrons. The van der Waals surface area contributed by atoms with Crippen molar-refractivity contribution in [2.45, 2.75) is 25.4 Å². The molecule has 1 aliphatic heterocycles. The van der Waals surface area contributed by atoms with Crippen molar-refractivity contribution in [2.75, 3.05) is 20.2 Å². The van der Waals surface area contributed by atoms with Gasteiger partial charge in [0.25, 0.3) is 0 Å². The summed E-state index contributed by atoms with van der Waals surface area (Å²) in [5, 5.41) is 18.9. The Morgan fingerprint density at radius 3 is 2.45 bits per heavy atom. The minimum absolute atomic E-state index is 0.0206. The predicted octanol–water partition coefficient (Wildman–Crippen LogP) is 0.834. The van der Waals surface area contributed by atoms with Gasteiger partial charge in [-0.15, -0.1) is 0 Å². The smallest absolute Gasteiger partial charge is 0.387 e. The molecule has 2 rings (SSSR count). The van der Waals surface area contributed by atoms with Crippen molar-refractivity contribution in [1.29, 1.82) is 0 Å². The molecule has 0 radical (unpaired) electrons. The van der Waals surface area contributed by atoms with Gasteiger partial charge < -0.3 is 19.7 Å². The fourth-order valence-electron chi connectivity index (χ4n) is 2.24. The summed E-state index contributed by atoms with van der Waals surface area (Å²) in [6.07, 6.45) is -1.50. The highest BCUT2D eigenvalue weighted by atomic mass is 19.3. The third kappa shape index (κ3) is 3.56. The van der Waals surface area contributed by atoms with Crippen molar-refractivity contribution in [3.8, 4) is 11.5 Å². The number of hydrogen-bond donors (Lipinski definition) is 2. The molecule has 2 atom stereocenters. The molecule has 2 unspecified atom stereocenters. The summed E-state index contributed by atoms with van der Waals surface area (Å²) in [5.74, 6) is 0.204. The van der Waals surface area contributed by atoms with E-state index < -0.39 is 18.8 Å². The maximum absolute atomic E-state index is 12.2. The molecule has 1 aliphatic rings. The molecule has 0 aromatic heterocycles. The first-order valence-electron chi connectivity index (χ1n) is 6.20. The number of aliphatic hydroxyl groups excluding tert-OH is 2. The summed E-state index contributed by atoms with van der Waals surface area (Å²) < 4.78 is 33.8. The Morgan fingerprint density at radius 2 is 1.90 bits per heavy atom. The van der Waals surface area contributed by atoms with Gasteiger partial charge in [-0.25, -0.2) is 0 Å². The van der Waals surface area contributed by atoms with Crippen LogP contribution in [0.2, 0.25) is 0 Å². The van der Waals surface area contributed by atoms with Gasteiger partial charge in [-0.05, 0) is 17.7 Å². The molecule has 1 aromatic carbocycles. The lowest BCUT2D eigenvalue weighted by molar-refractivity contribution is -0.0512. The maximum atomic E-state index is 12.2. The monoisotopic (exact) mass is 289 g/mol. The van der Waals surface area contributed by atoms with Gasteiger partial charge in [-0.2, -0.15) is 8.78 Å². The molecule has 1 saturated heterocycles. The molecule has 2 N–H and O–H groups in total. The first kappa shape index (κ1) is 15.0. The van der Waals surface area contributed by atoms with Gasteiger partial charge in [0.15, 0.2) is 11.5 Å². The number of benzene rings is 1. The number of hydrogen-bond acceptors (Lipinski definition) is 5. The van der Waals surface area contributed by atoms with Crippen LogP contribution in [0.5, 0.6) is 11.5 Å². The number of β-amino-alcohol motifs (C(OH)–C–C–N with tert-alkyl or cyclic N) is 2. The highest BCUT2D eigenvalue weighted by Gasteiger charge is 2.29. The number of aliphatic hydroxyl groups is 2. The normalized spacial score (nSPS) is 23.3. The van der Waals surface area contributed by atoms with Crippen molar-refractivity contribution in [1.82, 2.24) is 4.90 Å². The third-order valence-corrected chi connectivity index (χ3v) is 3.18. The SMILES string of the molecule is COc1cc(CN2CC(O)C(O)C2)ccc1OC(F)F.